The summed E-state index contributed by atoms with van der Waals surface area (Å²) in [4.78, 5) is 29.2. The first kappa shape index (κ1) is 31.3. The highest BCUT2D eigenvalue weighted by atomic mass is 32.2. The van der Waals surface area contributed by atoms with Crippen LogP contribution in [0.4, 0.5) is 5.69 Å². The lowest BCUT2D eigenvalue weighted by molar-refractivity contribution is -0.139. The van der Waals surface area contributed by atoms with Crippen LogP contribution in [0.5, 0.6) is 0 Å². The molecule has 1 unspecified atom stereocenters. The maximum absolute atomic E-state index is 14.1. The quantitative estimate of drug-likeness (QED) is 0.310. The van der Waals surface area contributed by atoms with E-state index in [0.717, 1.165) is 47.9 Å². The monoisotopic (exact) mass is 589 g/mol. The van der Waals surface area contributed by atoms with Crippen LogP contribution in [-0.4, -0.2) is 50.3 Å². The Balaban J connectivity index is 1.65. The van der Waals surface area contributed by atoms with Gasteiger partial charge in [0.05, 0.1) is 10.6 Å². The predicted octanol–water partition coefficient (Wildman–Crippen LogP) is 5.72. The summed E-state index contributed by atoms with van der Waals surface area (Å²) < 4.78 is 29.2. The molecule has 0 aliphatic heterocycles. The second-order valence-corrected chi connectivity index (χ2v) is 13.3. The SMILES string of the molecule is Cc1ccc(S(=O)(=O)N(CC(=O)N(CCc2ccccc2)C(C)C(=O)NC2CCCCC2)c2ccc(C)c(C)c2)cc1. The molecule has 1 N–H and O–H groups in total. The fourth-order valence-electron chi connectivity index (χ4n) is 5.39. The number of hydrogen-bond acceptors (Lipinski definition) is 4. The molecule has 0 heterocycles. The molecule has 0 saturated heterocycles. The van der Waals surface area contributed by atoms with Gasteiger partial charge in [0.2, 0.25) is 11.8 Å². The van der Waals surface area contributed by atoms with Gasteiger partial charge in [-0.05, 0) is 87.9 Å². The Morgan fingerprint density at radius 1 is 0.881 bits per heavy atom. The lowest BCUT2D eigenvalue weighted by Crippen LogP contribution is -2.53. The number of rotatable bonds is 11. The van der Waals surface area contributed by atoms with Crippen molar-refractivity contribution in [1.29, 1.82) is 0 Å². The molecule has 0 bridgehead atoms. The fourth-order valence-corrected chi connectivity index (χ4v) is 6.79. The van der Waals surface area contributed by atoms with Gasteiger partial charge in [-0.1, -0.05) is 73.4 Å². The molecule has 7 nitrogen and oxygen atoms in total. The molecule has 0 radical (unpaired) electrons. The summed E-state index contributed by atoms with van der Waals surface area (Å²) in [5.41, 5.74) is 4.33. The van der Waals surface area contributed by atoms with Gasteiger partial charge < -0.3 is 10.2 Å². The third-order valence-electron chi connectivity index (χ3n) is 8.27. The first-order valence-corrected chi connectivity index (χ1v) is 16.3. The highest BCUT2D eigenvalue weighted by molar-refractivity contribution is 7.92. The van der Waals surface area contributed by atoms with Crippen molar-refractivity contribution in [2.24, 2.45) is 0 Å². The van der Waals surface area contributed by atoms with E-state index in [1.807, 2.05) is 57.2 Å². The van der Waals surface area contributed by atoms with Crippen LogP contribution in [-0.2, 0) is 26.0 Å². The minimum absolute atomic E-state index is 0.105. The third-order valence-corrected chi connectivity index (χ3v) is 10.1. The first-order chi connectivity index (χ1) is 20.1. The Morgan fingerprint density at radius 2 is 1.55 bits per heavy atom. The van der Waals surface area contributed by atoms with Crippen LogP contribution < -0.4 is 9.62 Å². The van der Waals surface area contributed by atoms with E-state index in [2.05, 4.69) is 5.32 Å². The number of aryl methyl sites for hydroxylation is 3. The Morgan fingerprint density at radius 3 is 2.19 bits per heavy atom. The van der Waals surface area contributed by atoms with Gasteiger partial charge in [0.15, 0.2) is 0 Å². The lowest BCUT2D eigenvalue weighted by Gasteiger charge is -2.33. The van der Waals surface area contributed by atoms with Gasteiger partial charge in [-0.2, -0.15) is 0 Å². The van der Waals surface area contributed by atoms with Crippen molar-refractivity contribution >= 4 is 27.5 Å². The van der Waals surface area contributed by atoms with Crippen LogP contribution >= 0.6 is 0 Å². The summed E-state index contributed by atoms with van der Waals surface area (Å²) >= 11 is 0. The van der Waals surface area contributed by atoms with Gasteiger partial charge in [-0.15, -0.1) is 0 Å². The van der Waals surface area contributed by atoms with Gasteiger partial charge in [-0.3, -0.25) is 13.9 Å². The first-order valence-electron chi connectivity index (χ1n) is 14.9. The standard InChI is InChI=1S/C34H43N3O4S/c1-25-15-19-32(20-16-25)42(40,41)37(31-18-17-26(2)27(3)23-31)24-33(38)36(22-21-29-11-7-5-8-12-29)28(4)34(39)35-30-13-9-6-10-14-30/h5,7-8,11-12,15-20,23,28,30H,6,9-10,13-14,21-22,24H2,1-4H3,(H,35,39). The van der Waals surface area contributed by atoms with E-state index in [0.29, 0.717) is 12.1 Å². The summed E-state index contributed by atoms with van der Waals surface area (Å²) in [5, 5.41) is 3.15. The van der Waals surface area contributed by atoms with E-state index >= 15 is 0 Å². The second-order valence-electron chi connectivity index (χ2n) is 11.4. The summed E-state index contributed by atoms with van der Waals surface area (Å²) in [6.45, 7) is 7.37. The van der Waals surface area contributed by atoms with Crippen molar-refractivity contribution in [3.63, 3.8) is 0 Å². The zero-order valence-electron chi connectivity index (χ0n) is 25.2. The van der Waals surface area contributed by atoms with Crippen molar-refractivity contribution in [2.75, 3.05) is 17.4 Å². The van der Waals surface area contributed by atoms with E-state index in [1.165, 1.54) is 15.6 Å². The molecule has 0 aromatic heterocycles. The van der Waals surface area contributed by atoms with Crippen molar-refractivity contribution < 1.29 is 18.0 Å². The zero-order chi connectivity index (χ0) is 30.3. The molecular formula is C34H43N3O4S. The normalized spacial score (nSPS) is 14.7. The number of hydrogen-bond donors (Lipinski definition) is 1. The van der Waals surface area contributed by atoms with E-state index in [4.69, 9.17) is 0 Å². The van der Waals surface area contributed by atoms with Crippen molar-refractivity contribution in [3.8, 4) is 0 Å². The van der Waals surface area contributed by atoms with E-state index in [9.17, 15) is 18.0 Å². The maximum Gasteiger partial charge on any atom is 0.264 e. The number of carbonyl (C=O) groups excluding carboxylic acids is 2. The van der Waals surface area contributed by atoms with Crippen molar-refractivity contribution in [3.05, 3.63) is 95.1 Å². The van der Waals surface area contributed by atoms with E-state index in [-0.39, 0.29) is 23.4 Å². The molecule has 224 valence electrons. The lowest BCUT2D eigenvalue weighted by atomic mass is 9.95. The van der Waals surface area contributed by atoms with Crippen LogP contribution in [0.25, 0.3) is 0 Å². The Bertz CT molecular complexity index is 1470. The van der Waals surface area contributed by atoms with Gasteiger partial charge in [0, 0.05) is 12.6 Å². The highest BCUT2D eigenvalue weighted by Crippen LogP contribution is 2.27. The molecule has 2 amide bonds. The number of sulfonamides is 1. The third kappa shape index (κ3) is 7.79. The summed E-state index contributed by atoms with van der Waals surface area (Å²) in [7, 11) is -4.08. The molecule has 8 heteroatoms. The zero-order valence-corrected chi connectivity index (χ0v) is 26.0. The van der Waals surface area contributed by atoms with Crippen LogP contribution in [0.1, 0.15) is 61.3 Å². The number of nitrogens with one attached hydrogen (secondary N) is 1. The van der Waals surface area contributed by atoms with Crippen LogP contribution in [0.3, 0.4) is 0 Å². The molecule has 0 spiro atoms. The maximum atomic E-state index is 14.1. The summed E-state index contributed by atoms with van der Waals surface area (Å²) in [6.07, 6.45) is 5.75. The van der Waals surface area contributed by atoms with E-state index < -0.39 is 28.5 Å². The summed E-state index contributed by atoms with van der Waals surface area (Å²) in [6, 6.07) is 21.1. The van der Waals surface area contributed by atoms with Gasteiger partial charge >= 0.3 is 0 Å². The molecule has 3 aromatic rings. The van der Waals surface area contributed by atoms with Gasteiger partial charge in [0.25, 0.3) is 10.0 Å². The number of benzene rings is 3. The minimum Gasteiger partial charge on any atom is -0.352 e. The number of nitrogens with zero attached hydrogens (tertiary/aromatic N) is 2. The van der Waals surface area contributed by atoms with Crippen molar-refractivity contribution in [2.45, 2.75) is 83.2 Å². The van der Waals surface area contributed by atoms with Crippen LogP contribution in [0.15, 0.2) is 77.7 Å². The molecule has 1 aliphatic rings. The van der Waals surface area contributed by atoms with Crippen LogP contribution in [0, 0.1) is 20.8 Å². The predicted molar refractivity (Wildman–Crippen MR) is 168 cm³/mol. The molecule has 1 saturated carbocycles. The van der Waals surface area contributed by atoms with Gasteiger partial charge in [-0.25, -0.2) is 8.42 Å². The van der Waals surface area contributed by atoms with Gasteiger partial charge in [0.1, 0.15) is 12.6 Å². The molecule has 1 atom stereocenters. The summed E-state index contributed by atoms with van der Waals surface area (Å²) in [5.74, 6) is -0.631. The molecule has 42 heavy (non-hydrogen) atoms. The molecule has 3 aromatic carbocycles. The minimum atomic E-state index is -4.08. The molecular weight excluding hydrogens is 546 g/mol. The fraction of sp³-hybridized carbons (Fsp3) is 0.412. The largest absolute Gasteiger partial charge is 0.352 e. The number of amides is 2. The van der Waals surface area contributed by atoms with Crippen LogP contribution in [0.2, 0.25) is 0 Å². The molecule has 1 aliphatic carbocycles. The Kier molecular flexibility index (Phi) is 10.4. The average Bonchev–Trinajstić information content (AvgIpc) is 2.98. The smallest absolute Gasteiger partial charge is 0.264 e. The Hall–Kier alpha value is -3.65. The number of anilines is 1. The Labute approximate surface area is 251 Å². The molecule has 1 fully saturated rings. The second kappa shape index (κ2) is 14.0. The molecule has 4 rings (SSSR count). The average molecular weight is 590 g/mol. The van der Waals surface area contributed by atoms with Crippen molar-refractivity contribution in [1.82, 2.24) is 10.2 Å². The number of carbonyl (C=O) groups is 2. The highest BCUT2D eigenvalue weighted by Gasteiger charge is 2.33. The van der Waals surface area contributed by atoms with E-state index in [1.54, 1.807) is 43.3 Å². The topological polar surface area (TPSA) is 86.8 Å².